The van der Waals surface area contributed by atoms with Gasteiger partial charge in [-0.1, -0.05) is 6.07 Å². The lowest BCUT2D eigenvalue weighted by Crippen LogP contribution is -2.48. The number of carbonyl (C=O) groups is 2. The summed E-state index contributed by atoms with van der Waals surface area (Å²) in [5, 5.41) is 14.0. The number of ether oxygens (including phenoxy) is 1. The molecule has 112 valence electrons. The van der Waals surface area contributed by atoms with E-state index in [-0.39, 0.29) is 29.5 Å². The molecule has 1 aromatic rings. The van der Waals surface area contributed by atoms with E-state index in [1.54, 1.807) is 6.07 Å². The van der Waals surface area contributed by atoms with Crippen molar-refractivity contribution in [2.45, 2.75) is 18.9 Å². The fourth-order valence-electron chi connectivity index (χ4n) is 2.23. The average Bonchev–Trinajstić information content (AvgIpc) is 2.47. The van der Waals surface area contributed by atoms with Crippen LogP contribution in [0.15, 0.2) is 18.2 Å². The summed E-state index contributed by atoms with van der Waals surface area (Å²) in [6.45, 7) is 0. The van der Waals surface area contributed by atoms with E-state index in [1.807, 2.05) is 0 Å². The summed E-state index contributed by atoms with van der Waals surface area (Å²) in [6, 6.07) is 3.90. The molecule has 8 nitrogen and oxygen atoms in total. The van der Waals surface area contributed by atoms with E-state index >= 15 is 0 Å². The summed E-state index contributed by atoms with van der Waals surface area (Å²) in [7, 11) is 2.74. The molecule has 2 rings (SSSR count). The SMILES string of the molecule is COc1cccc(NC2CCC(=O)N(C)C2=O)c1[N+](=O)[O-]. The van der Waals surface area contributed by atoms with Gasteiger partial charge in [0.15, 0.2) is 5.75 Å². The van der Waals surface area contributed by atoms with Gasteiger partial charge in [-0.2, -0.15) is 0 Å². The first kappa shape index (κ1) is 14.8. The summed E-state index contributed by atoms with van der Waals surface area (Å²) in [5.74, 6) is -0.542. The zero-order chi connectivity index (χ0) is 15.6. The Bertz CT molecular complexity index is 601. The van der Waals surface area contributed by atoms with E-state index in [4.69, 9.17) is 4.74 Å². The third-order valence-corrected chi connectivity index (χ3v) is 3.38. The molecule has 1 unspecified atom stereocenters. The van der Waals surface area contributed by atoms with Gasteiger partial charge in [0.05, 0.1) is 12.0 Å². The Morgan fingerprint density at radius 3 is 2.76 bits per heavy atom. The number of nitro groups is 1. The smallest absolute Gasteiger partial charge is 0.333 e. The molecule has 0 radical (unpaired) electrons. The van der Waals surface area contributed by atoms with E-state index in [0.29, 0.717) is 6.42 Å². The third kappa shape index (κ3) is 2.78. The van der Waals surface area contributed by atoms with Gasteiger partial charge < -0.3 is 10.1 Å². The van der Waals surface area contributed by atoms with Crippen molar-refractivity contribution < 1.29 is 19.2 Å². The first-order valence-corrected chi connectivity index (χ1v) is 6.34. The van der Waals surface area contributed by atoms with Crippen molar-refractivity contribution in [2.75, 3.05) is 19.5 Å². The summed E-state index contributed by atoms with van der Waals surface area (Å²) >= 11 is 0. The quantitative estimate of drug-likeness (QED) is 0.508. The van der Waals surface area contributed by atoms with Gasteiger partial charge in [0.25, 0.3) is 5.91 Å². The molecular weight excluding hydrogens is 278 g/mol. The zero-order valence-electron chi connectivity index (χ0n) is 11.7. The predicted octanol–water partition coefficient (Wildman–Crippen LogP) is 1.16. The second-order valence-corrected chi connectivity index (χ2v) is 4.64. The lowest BCUT2D eigenvalue weighted by molar-refractivity contribution is -0.384. The minimum atomic E-state index is -0.668. The van der Waals surface area contributed by atoms with Crippen molar-refractivity contribution in [1.29, 1.82) is 0 Å². The number of likely N-dealkylation sites (tertiary alicyclic amines) is 1. The van der Waals surface area contributed by atoms with Crippen LogP contribution in [0.2, 0.25) is 0 Å². The normalized spacial score (nSPS) is 18.6. The van der Waals surface area contributed by atoms with Crippen LogP contribution in [0.3, 0.4) is 0 Å². The molecule has 1 fully saturated rings. The highest BCUT2D eigenvalue weighted by atomic mass is 16.6. The number of rotatable bonds is 4. The lowest BCUT2D eigenvalue weighted by atomic mass is 10.0. The van der Waals surface area contributed by atoms with Crippen LogP contribution in [0, 0.1) is 10.1 Å². The number of piperidine rings is 1. The molecule has 21 heavy (non-hydrogen) atoms. The Balaban J connectivity index is 2.30. The fourth-order valence-corrected chi connectivity index (χ4v) is 2.23. The predicted molar refractivity (Wildman–Crippen MR) is 74.1 cm³/mol. The van der Waals surface area contributed by atoms with Gasteiger partial charge in [-0.05, 0) is 18.6 Å². The maximum Gasteiger partial charge on any atom is 0.333 e. The number of anilines is 1. The molecular formula is C13H15N3O5. The molecule has 0 spiro atoms. The van der Waals surface area contributed by atoms with Crippen LogP contribution in [0.5, 0.6) is 5.75 Å². The molecule has 0 saturated carbocycles. The Morgan fingerprint density at radius 2 is 2.14 bits per heavy atom. The van der Waals surface area contributed by atoms with Crippen LogP contribution in [-0.4, -0.2) is 41.8 Å². The van der Waals surface area contributed by atoms with Crippen molar-refractivity contribution in [3.8, 4) is 5.75 Å². The van der Waals surface area contributed by atoms with E-state index in [2.05, 4.69) is 5.32 Å². The summed E-state index contributed by atoms with van der Waals surface area (Å²) in [5.41, 5.74) is -0.0344. The highest BCUT2D eigenvalue weighted by molar-refractivity contribution is 6.01. The van der Waals surface area contributed by atoms with E-state index < -0.39 is 16.9 Å². The van der Waals surface area contributed by atoms with Gasteiger partial charge >= 0.3 is 5.69 Å². The molecule has 1 aliphatic rings. The van der Waals surface area contributed by atoms with E-state index in [9.17, 15) is 19.7 Å². The zero-order valence-corrected chi connectivity index (χ0v) is 11.7. The number of imide groups is 1. The molecule has 8 heteroatoms. The molecule has 1 saturated heterocycles. The number of hydrogen-bond acceptors (Lipinski definition) is 6. The highest BCUT2D eigenvalue weighted by Crippen LogP contribution is 2.35. The van der Waals surface area contributed by atoms with Crippen molar-refractivity contribution >= 4 is 23.2 Å². The van der Waals surface area contributed by atoms with Gasteiger partial charge in [-0.3, -0.25) is 24.6 Å². The van der Waals surface area contributed by atoms with E-state index in [1.165, 1.54) is 26.3 Å². The molecule has 1 N–H and O–H groups in total. The number of para-hydroxylation sites is 1. The Hall–Kier alpha value is -2.64. The first-order valence-electron chi connectivity index (χ1n) is 6.34. The van der Waals surface area contributed by atoms with Crippen LogP contribution in [0.4, 0.5) is 11.4 Å². The molecule has 1 atom stereocenters. The van der Waals surface area contributed by atoms with Crippen LogP contribution in [-0.2, 0) is 9.59 Å². The number of likely N-dealkylation sites (N-methyl/N-ethyl adjacent to an activating group) is 1. The van der Waals surface area contributed by atoms with Crippen LogP contribution >= 0.6 is 0 Å². The highest BCUT2D eigenvalue weighted by Gasteiger charge is 2.33. The van der Waals surface area contributed by atoms with Crippen molar-refractivity contribution in [3.05, 3.63) is 28.3 Å². The van der Waals surface area contributed by atoms with Crippen molar-refractivity contribution in [3.63, 3.8) is 0 Å². The van der Waals surface area contributed by atoms with Crippen molar-refractivity contribution in [1.82, 2.24) is 4.90 Å². The van der Waals surface area contributed by atoms with Gasteiger partial charge in [-0.15, -0.1) is 0 Å². The summed E-state index contributed by atoms with van der Waals surface area (Å²) < 4.78 is 4.97. The Kier molecular flexibility index (Phi) is 4.06. The number of carbonyl (C=O) groups excluding carboxylic acids is 2. The molecule has 0 bridgehead atoms. The van der Waals surface area contributed by atoms with Gasteiger partial charge in [0.1, 0.15) is 11.7 Å². The average molecular weight is 293 g/mol. The van der Waals surface area contributed by atoms with Crippen molar-refractivity contribution in [2.24, 2.45) is 0 Å². The van der Waals surface area contributed by atoms with Gasteiger partial charge in [0, 0.05) is 13.5 Å². The molecule has 2 amide bonds. The first-order chi connectivity index (χ1) is 9.95. The number of nitro benzene ring substituents is 1. The van der Waals surface area contributed by atoms with E-state index in [0.717, 1.165) is 4.90 Å². The maximum atomic E-state index is 12.0. The molecule has 1 aliphatic heterocycles. The fraction of sp³-hybridized carbons (Fsp3) is 0.385. The van der Waals surface area contributed by atoms with Crippen LogP contribution in [0.25, 0.3) is 0 Å². The third-order valence-electron chi connectivity index (χ3n) is 3.38. The van der Waals surface area contributed by atoms with Gasteiger partial charge in [0.2, 0.25) is 5.91 Å². The number of amides is 2. The topological polar surface area (TPSA) is 102 Å². The Morgan fingerprint density at radius 1 is 1.43 bits per heavy atom. The largest absolute Gasteiger partial charge is 0.490 e. The minimum Gasteiger partial charge on any atom is -0.490 e. The van der Waals surface area contributed by atoms with Crippen LogP contribution < -0.4 is 10.1 Å². The summed E-state index contributed by atoms with van der Waals surface area (Å²) in [4.78, 5) is 35.1. The number of nitrogens with zero attached hydrogens (tertiary/aromatic N) is 2. The number of methoxy groups -OCH3 is 1. The molecule has 0 aromatic heterocycles. The summed E-state index contributed by atoms with van der Waals surface area (Å²) in [6.07, 6.45) is 0.522. The minimum absolute atomic E-state index is 0.109. The molecule has 1 aromatic carbocycles. The second-order valence-electron chi connectivity index (χ2n) is 4.64. The molecule has 0 aliphatic carbocycles. The monoisotopic (exact) mass is 293 g/mol. The Labute approximate surface area is 120 Å². The van der Waals surface area contributed by atoms with Crippen LogP contribution in [0.1, 0.15) is 12.8 Å². The number of nitrogens with one attached hydrogen (secondary N) is 1. The molecule has 1 heterocycles. The van der Waals surface area contributed by atoms with Gasteiger partial charge in [-0.25, -0.2) is 0 Å². The number of hydrogen-bond donors (Lipinski definition) is 1. The second kappa shape index (κ2) is 5.78. The maximum absolute atomic E-state index is 12.0. The number of benzene rings is 1. The lowest BCUT2D eigenvalue weighted by Gasteiger charge is -2.28. The standard InChI is InChI=1S/C13H15N3O5/c1-15-11(17)7-6-9(13(15)18)14-8-4-3-5-10(21-2)12(8)16(19)20/h3-5,9,14H,6-7H2,1-2H3.